The van der Waals surface area contributed by atoms with Gasteiger partial charge < -0.3 is 14.4 Å². The third-order valence-corrected chi connectivity index (χ3v) is 5.57. The smallest absolute Gasteiger partial charge is 0.218 e. The van der Waals surface area contributed by atoms with Gasteiger partial charge in [-0.3, -0.25) is 9.59 Å². The maximum absolute atomic E-state index is 12.8. The van der Waals surface area contributed by atoms with Crippen LogP contribution in [0, 0.1) is 11.8 Å². The molecule has 4 aliphatic rings. The standard InChI is InChI=1S/C18H17NO4/c1-9(20)16-15-13-8-22-18(23-13)17(21)14(15)12-7-6-10-4-2-3-5-11(10)19(12)16/h2-7,12-16,18H,8H2,1H3/t12-,13-,14+,15+,16-,18+/m0/s1. The molecule has 0 unspecified atom stereocenters. The molecular weight excluding hydrogens is 294 g/mol. The van der Waals surface area contributed by atoms with Crippen molar-refractivity contribution in [2.75, 3.05) is 11.5 Å². The van der Waals surface area contributed by atoms with E-state index in [2.05, 4.69) is 17.1 Å². The van der Waals surface area contributed by atoms with Crippen molar-refractivity contribution in [2.45, 2.75) is 31.4 Å². The number of carbonyl (C=O) groups is 2. The van der Waals surface area contributed by atoms with Crippen LogP contribution >= 0.6 is 0 Å². The first-order valence-electron chi connectivity index (χ1n) is 8.03. The van der Waals surface area contributed by atoms with Crippen molar-refractivity contribution in [3.63, 3.8) is 0 Å². The highest BCUT2D eigenvalue weighted by Gasteiger charge is 2.62. The first kappa shape index (κ1) is 13.5. The van der Waals surface area contributed by atoms with Crippen molar-refractivity contribution in [2.24, 2.45) is 11.8 Å². The molecular formula is C18H17NO4. The minimum Gasteiger partial charge on any atom is -0.353 e. The van der Waals surface area contributed by atoms with E-state index in [-0.39, 0.29) is 41.6 Å². The van der Waals surface area contributed by atoms with Gasteiger partial charge in [-0.1, -0.05) is 30.4 Å². The second-order valence-electron chi connectivity index (χ2n) is 6.72. The predicted octanol–water partition coefficient (Wildman–Crippen LogP) is 1.42. The van der Waals surface area contributed by atoms with Crippen molar-refractivity contribution in [1.82, 2.24) is 0 Å². The Morgan fingerprint density at radius 2 is 2.13 bits per heavy atom. The molecule has 2 bridgehead atoms. The van der Waals surface area contributed by atoms with Gasteiger partial charge in [0.15, 0.2) is 11.6 Å². The van der Waals surface area contributed by atoms with Gasteiger partial charge in [-0.05, 0) is 18.6 Å². The third-order valence-electron chi connectivity index (χ3n) is 5.57. The van der Waals surface area contributed by atoms with E-state index in [1.54, 1.807) is 6.92 Å². The number of rotatable bonds is 1. The van der Waals surface area contributed by atoms with Gasteiger partial charge in [0.05, 0.1) is 30.7 Å². The summed E-state index contributed by atoms with van der Waals surface area (Å²) < 4.78 is 11.2. The van der Waals surface area contributed by atoms with Crippen molar-refractivity contribution in [3.8, 4) is 0 Å². The summed E-state index contributed by atoms with van der Waals surface area (Å²) in [5.41, 5.74) is 2.11. The first-order chi connectivity index (χ1) is 11.2. The van der Waals surface area contributed by atoms with Crippen molar-refractivity contribution in [1.29, 1.82) is 0 Å². The Bertz CT molecular complexity index is 742. The van der Waals surface area contributed by atoms with E-state index >= 15 is 0 Å². The van der Waals surface area contributed by atoms with Crippen molar-refractivity contribution in [3.05, 3.63) is 35.9 Å². The molecule has 5 rings (SSSR count). The summed E-state index contributed by atoms with van der Waals surface area (Å²) in [5.74, 6) is -0.319. The van der Waals surface area contributed by atoms with E-state index < -0.39 is 6.29 Å². The molecule has 0 radical (unpaired) electrons. The molecule has 6 atom stereocenters. The number of nitrogens with zero attached hydrogens (tertiary/aromatic N) is 1. The average Bonchev–Trinajstić information content (AvgIpc) is 3.13. The Hall–Kier alpha value is -1.98. The Morgan fingerprint density at radius 3 is 2.96 bits per heavy atom. The minimum absolute atomic E-state index is 0.0217. The number of anilines is 1. The van der Waals surface area contributed by atoms with Gasteiger partial charge in [-0.25, -0.2) is 0 Å². The molecule has 4 aliphatic heterocycles. The second kappa shape index (κ2) is 4.52. The molecule has 5 heteroatoms. The van der Waals surface area contributed by atoms with Gasteiger partial charge >= 0.3 is 0 Å². The number of Topliss-reactive ketones (excluding diaryl/α,β-unsaturated/α-hetero) is 2. The highest BCUT2D eigenvalue weighted by Crippen LogP contribution is 2.50. The summed E-state index contributed by atoms with van der Waals surface area (Å²) in [5, 5.41) is 0. The summed E-state index contributed by atoms with van der Waals surface area (Å²) in [7, 11) is 0. The van der Waals surface area contributed by atoms with Crippen LogP contribution in [0.3, 0.4) is 0 Å². The Labute approximate surface area is 133 Å². The molecule has 23 heavy (non-hydrogen) atoms. The Balaban J connectivity index is 1.69. The van der Waals surface area contributed by atoms with Gasteiger partial charge in [0.1, 0.15) is 0 Å². The predicted molar refractivity (Wildman–Crippen MR) is 82.8 cm³/mol. The maximum atomic E-state index is 12.8. The molecule has 0 amide bonds. The van der Waals surface area contributed by atoms with Crippen LogP contribution in [0.5, 0.6) is 0 Å². The molecule has 0 saturated carbocycles. The molecule has 0 N–H and O–H groups in total. The topological polar surface area (TPSA) is 55.8 Å². The number of hydrogen-bond acceptors (Lipinski definition) is 5. The highest BCUT2D eigenvalue weighted by molar-refractivity contribution is 5.95. The quantitative estimate of drug-likeness (QED) is 0.785. The molecule has 1 aromatic rings. The lowest BCUT2D eigenvalue weighted by atomic mass is 9.78. The largest absolute Gasteiger partial charge is 0.353 e. The fraction of sp³-hybridized carbons (Fsp3) is 0.444. The molecule has 3 saturated heterocycles. The molecule has 3 fully saturated rings. The molecule has 5 nitrogen and oxygen atoms in total. The van der Waals surface area contributed by atoms with E-state index in [1.807, 2.05) is 24.3 Å². The van der Waals surface area contributed by atoms with E-state index in [4.69, 9.17) is 9.47 Å². The number of para-hydroxylation sites is 1. The number of hydrogen-bond donors (Lipinski definition) is 0. The van der Waals surface area contributed by atoms with Crippen molar-refractivity contribution < 1.29 is 19.1 Å². The zero-order valence-electron chi connectivity index (χ0n) is 12.7. The summed E-state index contributed by atoms with van der Waals surface area (Å²) in [6.07, 6.45) is 3.19. The van der Waals surface area contributed by atoms with Gasteiger partial charge in [-0.15, -0.1) is 0 Å². The summed E-state index contributed by atoms with van der Waals surface area (Å²) >= 11 is 0. The summed E-state index contributed by atoms with van der Waals surface area (Å²) in [6, 6.07) is 7.59. The second-order valence-corrected chi connectivity index (χ2v) is 6.72. The SMILES string of the molecule is CC(=O)[C@H]1[C@H]2[C@H](C(=O)[C@@H]3OC[C@@H]2O3)[C@@H]2C=Cc3ccccc3N21. The van der Waals surface area contributed by atoms with E-state index in [0.29, 0.717) is 6.61 Å². The maximum Gasteiger partial charge on any atom is 0.218 e. The fourth-order valence-electron chi connectivity index (χ4n) is 4.74. The lowest BCUT2D eigenvalue weighted by molar-refractivity contribution is -0.164. The number of benzene rings is 1. The zero-order chi connectivity index (χ0) is 15.7. The van der Waals surface area contributed by atoms with Crippen LogP contribution in [0.2, 0.25) is 0 Å². The Morgan fingerprint density at radius 1 is 1.30 bits per heavy atom. The lowest BCUT2D eigenvalue weighted by Gasteiger charge is -2.35. The first-order valence-corrected chi connectivity index (χ1v) is 8.03. The molecule has 0 aromatic heterocycles. The van der Waals surface area contributed by atoms with E-state index in [9.17, 15) is 9.59 Å². The lowest BCUT2D eigenvalue weighted by Crippen LogP contribution is -2.48. The summed E-state index contributed by atoms with van der Waals surface area (Å²) in [6.45, 7) is 2.00. The van der Waals surface area contributed by atoms with Crippen LogP contribution in [0.15, 0.2) is 30.3 Å². The van der Waals surface area contributed by atoms with Gasteiger partial charge in [0, 0.05) is 11.6 Å². The van der Waals surface area contributed by atoms with E-state index in [0.717, 1.165) is 11.3 Å². The average molecular weight is 311 g/mol. The molecule has 0 spiro atoms. The van der Waals surface area contributed by atoms with Crippen LogP contribution in [0.1, 0.15) is 12.5 Å². The summed E-state index contributed by atoms with van der Waals surface area (Å²) in [4.78, 5) is 27.4. The fourth-order valence-corrected chi connectivity index (χ4v) is 4.74. The molecule has 0 aliphatic carbocycles. The minimum atomic E-state index is -0.751. The Kier molecular flexibility index (Phi) is 2.65. The van der Waals surface area contributed by atoms with Gasteiger partial charge in [0.2, 0.25) is 6.29 Å². The van der Waals surface area contributed by atoms with Crippen LogP contribution in [0.4, 0.5) is 5.69 Å². The van der Waals surface area contributed by atoms with Crippen LogP contribution in [-0.2, 0) is 19.1 Å². The number of fused-ring (bicyclic) bond motifs is 8. The monoisotopic (exact) mass is 311 g/mol. The van der Waals surface area contributed by atoms with Gasteiger partial charge in [-0.2, -0.15) is 0 Å². The number of ether oxygens (including phenoxy) is 2. The highest BCUT2D eigenvalue weighted by atomic mass is 16.7. The van der Waals surface area contributed by atoms with Crippen LogP contribution < -0.4 is 4.90 Å². The third kappa shape index (κ3) is 1.64. The number of carbonyl (C=O) groups excluding carboxylic acids is 2. The van der Waals surface area contributed by atoms with Crippen molar-refractivity contribution >= 4 is 23.3 Å². The zero-order valence-corrected chi connectivity index (χ0v) is 12.7. The number of ketones is 2. The van der Waals surface area contributed by atoms with Crippen LogP contribution in [0.25, 0.3) is 6.08 Å². The van der Waals surface area contributed by atoms with E-state index in [1.165, 1.54) is 0 Å². The molecule has 1 aromatic carbocycles. The molecule has 118 valence electrons. The van der Waals surface area contributed by atoms with Crippen LogP contribution in [-0.4, -0.2) is 42.7 Å². The molecule has 4 heterocycles. The van der Waals surface area contributed by atoms with Gasteiger partial charge in [0.25, 0.3) is 0 Å². The normalized spacial score (nSPS) is 39.9.